The number of aliphatic hydroxyl groups excluding tert-OH is 1. The number of carbonyl (C=O) groups excluding carboxylic acids is 1. The molecule has 0 bridgehead atoms. The highest BCUT2D eigenvalue weighted by Crippen LogP contribution is 2.17. The molecule has 0 aliphatic carbocycles. The van der Waals surface area contributed by atoms with Crippen LogP contribution in [0.5, 0.6) is 0 Å². The number of piperidine rings is 1. The SMILES string of the molecule is O=C(Nc1ccccc1)c1ccc(N2CCCC(O)C2)nn1. The predicted molar refractivity (Wildman–Crippen MR) is 83.9 cm³/mol. The number of anilines is 2. The van der Waals surface area contributed by atoms with Gasteiger partial charge in [-0.2, -0.15) is 0 Å². The van der Waals surface area contributed by atoms with E-state index in [1.165, 1.54) is 0 Å². The molecule has 2 aromatic rings. The van der Waals surface area contributed by atoms with Gasteiger partial charge in [-0.15, -0.1) is 10.2 Å². The number of nitrogens with one attached hydrogen (secondary N) is 1. The Balaban J connectivity index is 1.67. The van der Waals surface area contributed by atoms with Crippen LogP contribution in [0.1, 0.15) is 23.3 Å². The van der Waals surface area contributed by atoms with Gasteiger partial charge in [-0.05, 0) is 37.1 Å². The van der Waals surface area contributed by atoms with Crippen molar-refractivity contribution in [3.8, 4) is 0 Å². The lowest BCUT2D eigenvalue weighted by Crippen LogP contribution is -2.38. The summed E-state index contributed by atoms with van der Waals surface area (Å²) in [7, 11) is 0. The fourth-order valence-corrected chi connectivity index (χ4v) is 2.49. The number of nitrogens with zero attached hydrogens (tertiary/aromatic N) is 3. The van der Waals surface area contributed by atoms with Gasteiger partial charge in [0.15, 0.2) is 11.5 Å². The van der Waals surface area contributed by atoms with E-state index in [0.717, 1.165) is 25.1 Å². The average Bonchev–Trinajstić information content (AvgIpc) is 2.56. The number of β-amino-alcohol motifs (C(OH)–C–C–N with tert-alkyl or cyclic N) is 1. The smallest absolute Gasteiger partial charge is 0.276 e. The molecule has 114 valence electrons. The van der Waals surface area contributed by atoms with Crippen LogP contribution < -0.4 is 10.2 Å². The van der Waals surface area contributed by atoms with Crippen molar-refractivity contribution in [3.63, 3.8) is 0 Å². The quantitative estimate of drug-likeness (QED) is 0.901. The summed E-state index contributed by atoms with van der Waals surface area (Å²) in [6.45, 7) is 1.41. The minimum Gasteiger partial charge on any atom is -0.391 e. The van der Waals surface area contributed by atoms with Crippen molar-refractivity contribution in [1.82, 2.24) is 10.2 Å². The molecule has 0 spiro atoms. The lowest BCUT2D eigenvalue weighted by molar-refractivity contribution is 0.102. The predicted octanol–water partition coefficient (Wildman–Crippen LogP) is 1.69. The summed E-state index contributed by atoms with van der Waals surface area (Å²) in [5, 5.41) is 20.6. The van der Waals surface area contributed by atoms with Crippen molar-refractivity contribution in [1.29, 1.82) is 0 Å². The summed E-state index contributed by atoms with van der Waals surface area (Å²) < 4.78 is 0. The molecule has 1 aromatic heterocycles. The van der Waals surface area contributed by atoms with Crippen LogP contribution >= 0.6 is 0 Å². The summed E-state index contributed by atoms with van der Waals surface area (Å²) in [6, 6.07) is 12.6. The molecule has 2 N–H and O–H groups in total. The molecule has 0 saturated carbocycles. The highest BCUT2D eigenvalue weighted by atomic mass is 16.3. The zero-order valence-corrected chi connectivity index (χ0v) is 12.1. The Morgan fingerprint density at radius 3 is 2.68 bits per heavy atom. The second-order valence-corrected chi connectivity index (χ2v) is 5.34. The van der Waals surface area contributed by atoms with Gasteiger partial charge in [-0.3, -0.25) is 4.79 Å². The molecule has 0 radical (unpaired) electrons. The van der Waals surface area contributed by atoms with Gasteiger partial charge in [0.2, 0.25) is 0 Å². The molecule has 1 aliphatic heterocycles. The first-order chi connectivity index (χ1) is 10.7. The van der Waals surface area contributed by atoms with Crippen molar-refractivity contribution in [2.24, 2.45) is 0 Å². The molecular formula is C16H18N4O2. The Morgan fingerprint density at radius 2 is 2.00 bits per heavy atom. The molecule has 1 saturated heterocycles. The van der Waals surface area contributed by atoms with Gasteiger partial charge >= 0.3 is 0 Å². The first-order valence-corrected chi connectivity index (χ1v) is 7.35. The molecule has 1 unspecified atom stereocenters. The lowest BCUT2D eigenvalue weighted by atomic mass is 10.1. The van der Waals surface area contributed by atoms with Crippen LogP contribution in [-0.2, 0) is 0 Å². The molecule has 22 heavy (non-hydrogen) atoms. The fraction of sp³-hybridized carbons (Fsp3) is 0.312. The van der Waals surface area contributed by atoms with Gasteiger partial charge in [0.25, 0.3) is 5.91 Å². The topological polar surface area (TPSA) is 78.4 Å². The van der Waals surface area contributed by atoms with E-state index in [2.05, 4.69) is 15.5 Å². The number of para-hydroxylation sites is 1. The number of amides is 1. The summed E-state index contributed by atoms with van der Waals surface area (Å²) in [5.41, 5.74) is 0.989. The van der Waals surface area contributed by atoms with Crippen LogP contribution in [0, 0.1) is 0 Å². The van der Waals surface area contributed by atoms with Crippen molar-refractivity contribution in [2.45, 2.75) is 18.9 Å². The molecule has 1 fully saturated rings. The highest BCUT2D eigenvalue weighted by Gasteiger charge is 2.19. The average molecular weight is 298 g/mol. The summed E-state index contributed by atoms with van der Waals surface area (Å²) in [5.74, 6) is 0.402. The van der Waals surface area contributed by atoms with E-state index in [4.69, 9.17) is 0 Å². The van der Waals surface area contributed by atoms with Crippen LogP contribution in [0.3, 0.4) is 0 Å². The Bertz CT molecular complexity index is 630. The summed E-state index contributed by atoms with van der Waals surface area (Å²) in [6.07, 6.45) is 1.43. The van der Waals surface area contributed by atoms with Gasteiger partial charge in [0.1, 0.15) is 0 Å². The maximum atomic E-state index is 12.1. The number of hydrogen-bond donors (Lipinski definition) is 2. The van der Waals surface area contributed by atoms with E-state index in [1.807, 2.05) is 35.2 Å². The molecular weight excluding hydrogens is 280 g/mol. The molecule has 1 amide bonds. The van der Waals surface area contributed by atoms with Crippen molar-refractivity contribution in [3.05, 3.63) is 48.2 Å². The van der Waals surface area contributed by atoms with E-state index in [9.17, 15) is 9.90 Å². The van der Waals surface area contributed by atoms with E-state index < -0.39 is 0 Å². The van der Waals surface area contributed by atoms with Gasteiger partial charge in [-0.25, -0.2) is 0 Å². The number of benzene rings is 1. The first kappa shape index (κ1) is 14.5. The van der Waals surface area contributed by atoms with Crippen LogP contribution in [0.2, 0.25) is 0 Å². The number of aromatic nitrogens is 2. The Hall–Kier alpha value is -2.47. The van der Waals surface area contributed by atoms with E-state index in [1.54, 1.807) is 12.1 Å². The molecule has 3 rings (SSSR count). The minimum absolute atomic E-state index is 0.269. The first-order valence-electron chi connectivity index (χ1n) is 7.35. The molecule has 1 aliphatic rings. The maximum absolute atomic E-state index is 12.1. The Kier molecular flexibility index (Phi) is 4.29. The van der Waals surface area contributed by atoms with Gasteiger partial charge in [0, 0.05) is 18.8 Å². The third-order valence-corrected chi connectivity index (χ3v) is 3.64. The maximum Gasteiger partial charge on any atom is 0.276 e. The van der Waals surface area contributed by atoms with E-state index in [0.29, 0.717) is 12.4 Å². The van der Waals surface area contributed by atoms with Crippen molar-refractivity contribution >= 4 is 17.4 Å². The van der Waals surface area contributed by atoms with E-state index in [-0.39, 0.29) is 17.7 Å². The lowest BCUT2D eigenvalue weighted by Gasteiger charge is -2.30. The molecule has 6 nitrogen and oxygen atoms in total. The molecule has 1 atom stereocenters. The van der Waals surface area contributed by atoms with Crippen LogP contribution in [-0.4, -0.2) is 40.4 Å². The van der Waals surface area contributed by atoms with Crippen molar-refractivity contribution < 1.29 is 9.90 Å². The number of carbonyl (C=O) groups is 1. The number of hydrogen-bond acceptors (Lipinski definition) is 5. The van der Waals surface area contributed by atoms with E-state index >= 15 is 0 Å². The Morgan fingerprint density at radius 1 is 1.18 bits per heavy atom. The monoisotopic (exact) mass is 298 g/mol. The minimum atomic E-state index is -0.323. The van der Waals surface area contributed by atoms with Crippen LogP contribution in [0.15, 0.2) is 42.5 Å². The standard InChI is InChI=1S/C16H18N4O2/c21-13-7-4-10-20(11-13)15-9-8-14(18-19-15)16(22)17-12-5-2-1-3-6-12/h1-3,5-6,8-9,13,21H,4,7,10-11H2,(H,17,22). The van der Waals surface area contributed by atoms with Gasteiger partial charge < -0.3 is 15.3 Å². The third-order valence-electron chi connectivity index (χ3n) is 3.64. The third kappa shape index (κ3) is 3.40. The number of aliphatic hydroxyl groups is 1. The summed E-state index contributed by atoms with van der Waals surface area (Å²) >= 11 is 0. The highest BCUT2D eigenvalue weighted by molar-refractivity contribution is 6.02. The zero-order valence-electron chi connectivity index (χ0n) is 12.1. The van der Waals surface area contributed by atoms with Crippen LogP contribution in [0.25, 0.3) is 0 Å². The van der Waals surface area contributed by atoms with Crippen LogP contribution in [0.4, 0.5) is 11.5 Å². The number of rotatable bonds is 3. The van der Waals surface area contributed by atoms with Gasteiger partial charge in [-0.1, -0.05) is 18.2 Å². The normalized spacial score (nSPS) is 18.0. The Labute approximate surface area is 128 Å². The molecule has 6 heteroatoms. The molecule has 2 heterocycles. The van der Waals surface area contributed by atoms with Crippen molar-refractivity contribution in [2.75, 3.05) is 23.3 Å². The fourth-order valence-electron chi connectivity index (χ4n) is 2.49. The second-order valence-electron chi connectivity index (χ2n) is 5.34. The molecule has 1 aromatic carbocycles. The summed E-state index contributed by atoms with van der Waals surface area (Å²) in [4.78, 5) is 14.1. The van der Waals surface area contributed by atoms with Gasteiger partial charge in [0.05, 0.1) is 6.10 Å². The largest absolute Gasteiger partial charge is 0.391 e. The zero-order chi connectivity index (χ0) is 15.4. The second kappa shape index (κ2) is 6.53.